The van der Waals surface area contributed by atoms with E-state index in [-0.39, 0.29) is 17.2 Å². The van der Waals surface area contributed by atoms with Crippen LogP contribution in [-0.2, 0) is 9.53 Å². The number of anilines is 1. The van der Waals surface area contributed by atoms with Crippen molar-refractivity contribution in [2.45, 2.75) is 19.8 Å². The first kappa shape index (κ1) is 17.8. The maximum absolute atomic E-state index is 13.8. The van der Waals surface area contributed by atoms with E-state index in [4.69, 9.17) is 4.74 Å². The van der Waals surface area contributed by atoms with Gasteiger partial charge < -0.3 is 15.4 Å². The first-order valence-electron chi connectivity index (χ1n) is 7.50. The monoisotopic (exact) mass is 339 g/mol. The van der Waals surface area contributed by atoms with Crippen LogP contribution in [0.25, 0.3) is 0 Å². The highest BCUT2D eigenvalue weighted by Crippen LogP contribution is 2.26. The number of ether oxygens (including phenoxy) is 1. The molecule has 1 fully saturated rings. The first-order chi connectivity index (χ1) is 11.4. The van der Waals surface area contributed by atoms with Gasteiger partial charge in [0, 0.05) is 26.1 Å². The Hall–Kier alpha value is -2.55. The third-order valence-corrected chi connectivity index (χ3v) is 3.64. The molecule has 9 heteroatoms. The highest BCUT2D eigenvalue weighted by Gasteiger charge is 2.23. The molecule has 0 aromatic heterocycles. The minimum atomic E-state index is -1.14. The van der Waals surface area contributed by atoms with Crippen molar-refractivity contribution in [1.29, 1.82) is 0 Å². The van der Waals surface area contributed by atoms with E-state index in [1.54, 1.807) is 0 Å². The van der Waals surface area contributed by atoms with Crippen molar-refractivity contribution in [3.63, 3.8) is 0 Å². The van der Waals surface area contributed by atoms with Crippen LogP contribution in [0.2, 0.25) is 0 Å². The summed E-state index contributed by atoms with van der Waals surface area (Å²) in [6.07, 6.45) is 1.82. The Bertz CT molecular complexity index is 659. The Morgan fingerprint density at radius 2 is 2.21 bits per heavy atom. The van der Waals surface area contributed by atoms with E-state index in [1.807, 2.05) is 0 Å². The standard InChI is InChI=1S/C15H18FN3O5/c1-9(20)18-13-6-14(19(22)23)12(16)5-11(13)15(21)17-7-10-3-2-4-24-8-10/h5-6,10H,2-4,7-8H2,1H3,(H,17,21)(H,18,20)/t10-/m0/s1. The van der Waals surface area contributed by atoms with Crippen LogP contribution in [-0.4, -0.2) is 36.5 Å². The zero-order valence-corrected chi connectivity index (χ0v) is 13.1. The minimum absolute atomic E-state index is 0.104. The number of nitro benzene ring substituents is 1. The van der Waals surface area contributed by atoms with Gasteiger partial charge in [-0.15, -0.1) is 0 Å². The van der Waals surface area contributed by atoms with Crippen LogP contribution in [0.4, 0.5) is 15.8 Å². The lowest BCUT2D eigenvalue weighted by Gasteiger charge is -2.22. The number of halogens is 1. The van der Waals surface area contributed by atoms with E-state index in [2.05, 4.69) is 10.6 Å². The Kier molecular flexibility index (Phi) is 5.80. The van der Waals surface area contributed by atoms with Crippen molar-refractivity contribution in [2.24, 2.45) is 5.92 Å². The number of benzene rings is 1. The summed E-state index contributed by atoms with van der Waals surface area (Å²) in [4.78, 5) is 33.4. The molecule has 0 saturated carbocycles. The van der Waals surface area contributed by atoms with Gasteiger partial charge in [0.15, 0.2) is 0 Å². The van der Waals surface area contributed by atoms with Crippen LogP contribution < -0.4 is 10.6 Å². The van der Waals surface area contributed by atoms with Gasteiger partial charge in [-0.2, -0.15) is 4.39 Å². The Balaban J connectivity index is 2.19. The molecule has 24 heavy (non-hydrogen) atoms. The van der Waals surface area contributed by atoms with Gasteiger partial charge in [-0.05, 0) is 24.8 Å². The predicted octanol–water partition coefficient (Wildman–Crippen LogP) is 1.85. The summed E-state index contributed by atoms with van der Waals surface area (Å²) in [6.45, 7) is 2.77. The number of rotatable bonds is 5. The molecule has 1 atom stereocenters. The topological polar surface area (TPSA) is 111 Å². The summed E-state index contributed by atoms with van der Waals surface area (Å²) < 4.78 is 19.1. The molecule has 0 spiro atoms. The van der Waals surface area contributed by atoms with Gasteiger partial charge in [-0.25, -0.2) is 0 Å². The van der Waals surface area contributed by atoms with Crippen LogP contribution in [0.1, 0.15) is 30.1 Å². The lowest BCUT2D eigenvalue weighted by molar-refractivity contribution is -0.387. The Labute approximate surface area is 137 Å². The second-order valence-electron chi connectivity index (χ2n) is 5.58. The molecule has 1 aliphatic heterocycles. The van der Waals surface area contributed by atoms with E-state index in [9.17, 15) is 24.1 Å². The summed E-state index contributed by atoms with van der Waals surface area (Å²) in [5.41, 5.74) is -1.07. The minimum Gasteiger partial charge on any atom is -0.381 e. The number of nitrogens with zero attached hydrogens (tertiary/aromatic N) is 1. The fourth-order valence-corrected chi connectivity index (χ4v) is 2.48. The van der Waals surface area contributed by atoms with Crippen LogP contribution in [0, 0.1) is 21.8 Å². The molecule has 1 aliphatic rings. The number of amides is 2. The molecule has 1 aromatic rings. The summed E-state index contributed by atoms with van der Waals surface area (Å²) in [7, 11) is 0. The molecule has 0 unspecified atom stereocenters. The molecular formula is C15H18FN3O5. The van der Waals surface area contributed by atoms with Gasteiger partial charge in [0.05, 0.1) is 22.8 Å². The number of carbonyl (C=O) groups excluding carboxylic acids is 2. The van der Waals surface area contributed by atoms with Gasteiger partial charge in [-0.3, -0.25) is 19.7 Å². The third kappa shape index (κ3) is 4.48. The fourth-order valence-electron chi connectivity index (χ4n) is 2.48. The smallest absolute Gasteiger partial charge is 0.306 e. The second-order valence-corrected chi connectivity index (χ2v) is 5.58. The van der Waals surface area contributed by atoms with Crippen LogP contribution in [0.15, 0.2) is 12.1 Å². The Morgan fingerprint density at radius 1 is 1.46 bits per heavy atom. The molecule has 2 N–H and O–H groups in total. The molecule has 1 heterocycles. The average molecular weight is 339 g/mol. The largest absolute Gasteiger partial charge is 0.381 e. The molecule has 2 amide bonds. The highest BCUT2D eigenvalue weighted by molar-refractivity contribution is 6.03. The highest BCUT2D eigenvalue weighted by atomic mass is 19.1. The van der Waals surface area contributed by atoms with Crippen molar-refractivity contribution in [1.82, 2.24) is 5.32 Å². The van der Waals surface area contributed by atoms with E-state index in [0.717, 1.165) is 25.0 Å². The fraction of sp³-hybridized carbons (Fsp3) is 0.467. The molecule has 0 bridgehead atoms. The number of nitro groups is 1. The normalized spacial score (nSPS) is 17.2. The van der Waals surface area contributed by atoms with E-state index in [0.29, 0.717) is 19.8 Å². The summed E-state index contributed by atoms with van der Waals surface area (Å²) in [6, 6.07) is 1.60. The molecule has 2 rings (SSSR count). The van der Waals surface area contributed by atoms with Gasteiger partial charge in [0.25, 0.3) is 5.91 Å². The zero-order chi connectivity index (χ0) is 17.7. The number of nitrogens with one attached hydrogen (secondary N) is 2. The zero-order valence-electron chi connectivity index (χ0n) is 13.1. The molecule has 1 aromatic carbocycles. The average Bonchev–Trinajstić information content (AvgIpc) is 2.54. The van der Waals surface area contributed by atoms with Crippen LogP contribution in [0.5, 0.6) is 0 Å². The molecule has 1 saturated heterocycles. The van der Waals surface area contributed by atoms with Crippen molar-refractivity contribution >= 4 is 23.2 Å². The molecule has 0 aliphatic carbocycles. The number of hydrogen-bond donors (Lipinski definition) is 2. The number of carbonyl (C=O) groups is 2. The second kappa shape index (κ2) is 7.82. The number of hydrogen-bond acceptors (Lipinski definition) is 5. The maximum Gasteiger partial charge on any atom is 0.306 e. The summed E-state index contributed by atoms with van der Waals surface area (Å²) >= 11 is 0. The van der Waals surface area contributed by atoms with Crippen LogP contribution in [0.3, 0.4) is 0 Å². The summed E-state index contributed by atoms with van der Waals surface area (Å²) in [5.74, 6) is -2.11. The van der Waals surface area contributed by atoms with Crippen molar-refractivity contribution < 1.29 is 23.6 Å². The van der Waals surface area contributed by atoms with Gasteiger partial charge in [-0.1, -0.05) is 0 Å². The lowest BCUT2D eigenvalue weighted by atomic mass is 10.0. The quantitative estimate of drug-likeness (QED) is 0.628. The Morgan fingerprint density at radius 3 is 2.79 bits per heavy atom. The van der Waals surface area contributed by atoms with E-state index in [1.165, 1.54) is 6.92 Å². The van der Waals surface area contributed by atoms with Gasteiger partial charge in [0.2, 0.25) is 11.7 Å². The predicted molar refractivity (Wildman–Crippen MR) is 83.2 cm³/mol. The van der Waals surface area contributed by atoms with Crippen molar-refractivity contribution in [3.8, 4) is 0 Å². The van der Waals surface area contributed by atoms with E-state index >= 15 is 0 Å². The van der Waals surface area contributed by atoms with Crippen molar-refractivity contribution in [2.75, 3.05) is 25.1 Å². The van der Waals surface area contributed by atoms with Gasteiger partial charge >= 0.3 is 5.69 Å². The van der Waals surface area contributed by atoms with Crippen molar-refractivity contribution in [3.05, 3.63) is 33.6 Å². The molecule has 0 radical (unpaired) electrons. The van der Waals surface area contributed by atoms with Gasteiger partial charge in [0.1, 0.15) is 0 Å². The molecular weight excluding hydrogens is 321 g/mol. The third-order valence-electron chi connectivity index (χ3n) is 3.64. The SMILES string of the molecule is CC(=O)Nc1cc([N+](=O)[O-])c(F)cc1C(=O)NC[C@@H]1CCCOC1. The lowest BCUT2D eigenvalue weighted by Crippen LogP contribution is -2.33. The first-order valence-corrected chi connectivity index (χ1v) is 7.50. The molecule has 8 nitrogen and oxygen atoms in total. The van der Waals surface area contributed by atoms with Crippen LogP contribution >= 0.6 is 0 Å². The molecule has 130 valence electrons. The van der Waals surface area contributed by atoms with E-state index < -0.39 is 28.2 Å². The maximum atomic E-state index is 13.8. The summed E-state index contributed by atoms with van der Waals surface area (Å²) in [5, 5.41) is 15.8.